The Balaban J connectivity index is 1.25. The Morgan fingerprint density at radius 2 is 1.78 bits per heavy atom. The largest absolute Gasteiger partial charge is 0.504 e. The van der Waals surface area contributed by atoms with E-state index in [2.05, 4.69) is 20.3 Å². The van der Waals surface area contributed by atoms with E-state index in [4.69, 9.17) is 21.3 Å². The number of nitrogens with zero attached hydrogens (tertiary/aromatic N) is 7. The molecule has 1 fully saturated rings. The first-order valence-corrected chi connectivity index (χ1v) is 16.9. The lowest BCUT2D eigenvalue weighted by Crippen LogP contribution is -2.49. The number of nitrogens with one attached hydrogen (secondary N) is 1. The molecule has 266 valence electrons. The normalized spacial score (nSPS) is 15.5. The van der Waals surface area contributed by atoms with E-state index in [1.54, 1.807) is 11.5 Å². The first kappa shape index (κ1) is 34.3. The minimum atomic E-state index is -4.59. The number of rotatable bonds is 7. The zero-order valence-electron chi connectivity index (χ0n) is 27.8. The van der Waals surface area contributed by atoms with Gasteiger partial charge >= 0.3 is 6.18 Å². The number of halogens is 4. The second-order valence-electron chi connectivity index (χ2n) is 12.4. The van der Waals surface area contributed by atoms with Gasteiger partial charge in [0, 0.05) is 31.6 Å². The summed E-state index contributed by atoms with van der Waals surface area (Å²) in [6.45, 7) is 5.94. The van der Waals surface area contributed by atoms with E-state index in [1.807, 2.05) is 42.2 Å². The number of aromatic hydroxyl groups is 1. The van der Waals surface area contributed by atoms with Crippen LogP contribution in [0.1, 0.15) is 36.1 Å². The molecular formula is C35H34ClF3N8O4. The molecule has 2 aliphatic heterocycles. The van der Waals surface area contributed by atoms with Gasteiger partial charge < -0.3 is 29.5 Å². The number of amides is 1. The molecule has 0 spiro atoms. The Morgan fingerprint density at radius 1 is 1.06 bits per heavy atom. The molecular weight excluding hydrogens is 689 g/mol. The van der Waals surface area contributed by atoms with Gasteiger partial charge in [-0.3, -0.25) is 9.59 Å². The lowest BCUT2D eigenvalue weighted by molar-refractivity contribution is -0.137. The number of ether oxygens (including phenoxy) is 1. The molecule has 0 atom stereocenters. The molecule has 51 heavy (non-hydrogen) atoms. The molecule has 0 unspecified atom stereocenters. The number of hydrogen-bond donors (Lipinski definition) is 2. The Bertz CT molecular complexity index is 2260. The highest BCUT2D eigenvalue weighted by Crippen LogP contribution is 2.38. The van der Waals surface area contributed by atoms with Gasteiger partial charge in [0.2, 0.25) is 11.7 Å². The predicted octanol–water partition coefficient (Wildman–Crippen LogP) is 5.46. The molecule has 2 aromatic carbocycles. The molecule has 2 aliphatic rings. The smallest absolute Gasteiger partial charge is 0.416 e. The third-order valence-electron chi connectivity index (χ3n) is 9.21. The number of para-hydroxylation sites is 1. The van der Waals surface area contributed by atoms with E-state index in [1.165, 1.54) is 4.52 Å². The second kappa shape index (κ2) is 13.5. The standard InChI is InChI=1S/C35H34ClF3N8O4/c1-3-27-30(45-14-12-44(13-15-45)29-23-6-4-5-7-25(23)40-20(2)31(29)49)33(50)47-34(42-32(43-47)21-10-16-51-17-11-21)46(27)19-28(48)41-26-9-8-22(18-24(26)36)35(37,38)39/h4-10,18,49H,3,11-17,19H2,1-2H3,(H,41,48). The van der Waals surface area contributed by atoms with Crippen LogP contribution in [0.5, 0.6) is 5.75 Å². The molecule has 7 rings (SSSR count). The van der Waals surface area contributed by atoms with Gasteiger partial charge in [-0.05, 0) is 49.6 Å². The molecule has 3 aromatic heterocycles. The lowest BCUT2D eigenvalue weighted by Gasteiger charge is -2.38. The van der Waals surface area contributed by atoms with Gasteiger partial charge in [-0.1, -0.05) is 42.8 Å². The number of anilines is 3. The average Bonchev–Trinajstić information content (AvgIpc) is 3.57. The van der Waals surface area contributed by atoms with Crippen LogP contribution in [0, 0.1) is 6.92 Å². The number of pyridine rings is 1. The van der Waals surface area contributed by atoms with Crippen LogP contribution in [0.3, 0.4) is 0 Å². The summed E-state index contributed by atoms with van der Waals surface area (Å²) < 4.78 is 47.9. The third kappa shape index (κ3) is 6.47. The van der Waals surface area contributed by atoms with Crippen LogP contribution >= 0.6 is 11.6 Å². The van der Waals surface area contributed by atoms with E-state index >= 15 is 0 Å². The number of alkyl halides is 3. The van der Waals surface area contributed by atoms with E-state index in [9.17, 15) is 27.9 Å². The van der Waals surface area contributed by atoms with Crippen molar-refractivity contribution in [1.82, 2.24) is 24.1 Å². The highest BCUT2D eigenvalue weighted by atomic mass is 35.5. The van der Waals surface area contributed by atoms with Gasteiger partial charge in [0.05, 0.1) is 52.1 Å². The first-order chi connectivity index (χ1) is 24.4. The maximum atomic E-state index is 14.3. The SMILES string of the molecule is CCc1c(N2CCN(c3c(O)c(C)nc4ccccc34)CC2)c(=O)n2nc(C3=CCOCC3)nc2n1CC(=O)Nc1ccc(C(F)(F)F)cc1Cl. The molecule has 0 aliphatic carbocycles. The lowest BCUT2D eigenvalue weighted by atomic mass is 10.1. The minimum absolute atomic E-state index is 0.0118. The fourth-order valence-corrected chi connectivity index (χ4v) is 6.93. The molecule has 5 aromatic rings. The van der Waals surface area contributed by atoms with Gasteiger partial charge in [0.25, 0.3) is 5.56 Å². The molecule has 1 saturated heterocycles. The van der Waals surface area contributed by atoms with Crippen molar-refractivity contribution in [2.75, 3.05) is 54.5 Å². The fraction of sp³-hybridized carbons (Fsp3) is 0.343. The van der Waals surface area contributed by atoms with Crippen LogP contribution in [-0.2, 0) is 28.7 Å². The van der Waals surface area contributed by atoms with Gasteiger partial charge in [-0.25, -0.2) is 4.98 Å². The van der Waals surface area contributed by atoms with Crippen molar-refractivity contribution in [3.8, 4) is 5.75 Å². The molecule has 0 radical (unpaired) electrons. The summed E-state index contributed by atoms with van der Waals surface area (Å²) in [6.07, 6.45) is -1.84. The van der Waals surface area contributed by atoms with Gasteiger partial charge in [0.1, 0.15) is 12.2 Å². The van der Waals surface area contributed by atoms with Gasteiger partial charge in [0.15, 0.2) is 11.6 Å². The number of carbonyl (C=O) groups is 1. The third-order valence-corrected chi connectivity index (χ3v) is 9.52. The first-order valence-electron chi connectivity index (χ1n) is 16.5. The summed E-state index contributed by atoms with van der Waals surface area (Å²) in [6, 6.07) is 10.3. The predicted molar refractivity (Wildman–Crippen MR) is 188 cm³/mol. The van der Waals surface area contributed by atoms with Crippen LogP contribution in [0.4, 0.5) is 30.2 Å². The van der Waals surface area contributed by atoms with Gasteiger partial charge in [-0.15, -0.1) is 5.10 Å². The van der Waals surface area contributed by atoms with Crippen LogP contribution in [0.15, 0.2) is 53.3 Å². The highest BCUT2D eigenvalue weighted by molar-refractivity contribution is 6.33. The van der Waals surface area contributed by atoms with Crippen LogP contribution in [-0.4, -0.2) is 74.6 Å². The molecule has 0 bridgehead atoms. The molecule has 0 saturated carbocycles. The number of aryl methyl sites for hydroxylation is 1. The maximum absolute atomic E-state index is 14.3. The Kier molecular flexibility index (Phi) is 9.10. The van der Waals surface area contributed by atoms with Crippen molar-refractivity contribution < 1.29 is 27.8 Å². The summed E-state index contributed by atoms with van der Waals surface area (Å²) in [5, 5.41) is 18.8. The molecule has 12 nitrogen and oxygen atoms in total. The van der Waals surface area contributed by atoms with E-state index in [0.717, 1.165) is 34.7 Å². The van der Waals surface area contributed by atoms with Crippen molar-refractivity contribution in [3.63, 3.8) is 0 Å². The summed E-state index contributed by atoms with van der Waals surface area (Å²) in [7, 11) is 0. The zero-order valence-corrected chi connectivity index (χ0v) is 28.6. The van der Waals surface area contributed by atoms with Crippen LogP contribution in [0.2, 0.25) is 5.02 Å². The van der Waals surface area contributed by atoms with Gasteiger partial charge in [-0.2, -0.15) is 22.7 Å². The molecule has 2 N–H and O–H groups in total. The topological polar surface area (TPSA) is 130 Å². The monoisotopic (exact) mass is 722 g/mol. The Morgan fingerprint density at radius 3 is 2.45 bits per heavy atom. The molecule has 5 heterocycles. The quantitative estimate of drug-likeness (QED) is 0.225. The summed E-state index contributed by atoms with van der Waals surface area (Å²) in [4.78, 5) is 41.1. The van der Waals surface area contributed by atoms with Crippen molar-refractivity contribution in [1.29, 1.82) is 0 Å². The van der Waals surface area contributed by atoms with Crippen LogP contribution in [0.25, 0.3) is 22.3 Å². The summed E-state index contributed by atoms with van der Waals surface area (Å²) >= 11 is 6.14. The van der Waals surface area contributed by atoms with E-state index < -0.39 is 23.2 Å². The average molecular weight is 723 g/mol. The number of aromatic nitrogens is 5. The van der Waals surface area contributed by atoms with Crippen molar-refractivity contribution in [3.05, 3.63) is 86.7 Å². The van der Waals surface area contributed by atoms with Crippen molar-refractivity contribution in [2.24, 2.45) is 0 Å². The number of piperazine rings is 1. The van der Waals surface area contributed by atoms with E-state index in [0.29, 0.717) is 80.8 Å². The number of fused-ring (bicyclic) bond motifs is 2. The Hall–Kier alpha value is -5.15. The fourth-order valence-electron chi connectivity index (χ4n) is 6.70. The molecule has 16 heteroatoms. The van der Waals surface area contributed by atoms with E-state index in [-0.39, 0.29) is 28.8 Å². The molecule has 1 amide bonds. The zero-order chi connectivity index (χ0) is 36.0. The van der Waals surface area contributed by atoms with Crippen molar-refractivity contribution >= 4 is 56.8 Å². The van der Waals surface area contributed by atoms with Crippen molar-refractivity contribution in [2.45, 2.75) is 39.4 Å². The number of hydrogen-bond acceptors (Lipinski definition) is 9. The number of carbonyl (C=O) groups excluding carboxylic acids is 1. The summed E-state index contributed by atoms with van der Waals surface area (Å²) in [5.41, 5.74) is 2.37. The Labute approximate surface area is 294 Å². The minimum Gasteiger partial charge on any atom is -0.504 e. The summed E-state index contributed by atoms with van der Waals surface area (Å²) in [5.74, 6) is 0.0172. The number of benzene rings is 2. The highest BCUT2D eigenvalue weighted by Gasteiger charge is 2.32. The van der Waals surface area contributed by atoms with Crippen LogP contribution < -0.4 is 20.7 Å². The maximum Gasteiger partial charge on any atom is 0.416 e. The second-order valence-corrected chi connectivity index (χ2v) is 12.8.